The normalized spacial score (nSPS) is 16.1. The van der Waals surface area contributed by atoms with Crippen LogP contribution in [0.1, 0.15) is 96.8 Å². The molecule has 0 saturated carbocycles. The van der Waals surface area contributed by atoms with Crippen LogP contribution in [0.2, 0.25) is 0 Å². The van der Waals surface area contributed by atoms with Crippen molar-refractivity contribution in [1.82, 2.24) is 0 Å². The van der Waals surface area contributed by atoms with Crippen molar-refractivity contribution in [2.75, 3.05) is 6.61 Å². The summed E-state index contributed by atoms with van der Waals surface area (Å²) in [6, 6.07) is 0. The van der Waals surface area contributed by atoms with E-state index >= 15 is 0 Å². The highest BCUT2D eigenvalue weighted by Crippen LogP contribution is 2.13. The van der Waals surface area contributed by atoms with Crippen LogP contribution in [-0.2, 0) is 9.53 Å². The summed E-state index contributed by atoms with van der Waals surface area (Å²) in [6.45, 7) is 1.39. The number of hydrogen-bond acceptors (Lipinski definition) is 8. The van der Waals surface area contributed by atoms with Gasteiger partial charge in [-0.1, -0.05) is 70.4 Å². The van der Waals surface area contributed by atoms with E-state index in [1.54, 1.807) is 0 Å². The quantitative estimate of drug-likeness (QED) is 0.0619. The van der Waals surface area contributed by atoms with E-state index in [-0.39, 0.29) is 11.9 Å². The molecule has 0 radical (unpaired) electrons. The molecule has 0 spiro atoms. The molecule has 0 saturated heterocycles. The van der Waals surface area contributed by atoms with Crippen molar-refractivity contribution in [2.24, 2.45) is 0 Å². The summed E-state index contributed by atoms with van der Waals surface area (Å²) >= 11 is 0. The van der Waals surface area contributed by atoms with E-state index in [4.69, 9.17) is 5.11 Å². The van der Waals surface area contributed by atoms with E-state index in [1.165, 1.54) is 38.5 Å². The number of ether oxygens (including phenoxy) is 1. The maximum absolute atomic E-state index is 11.7. The van der Waals surface area contributed by atoms with E-state index in [0.717, 1.165) is 38.5 Å². The number of allylic oxidation sites excluding steroid dienone is 2. The van der Waals surface area contributed by atoms with Crippen LogP contribution >= 0.6 is 0 Å². The van der Waals surface area contributed by atoms with E-state index in [2.05, 4.69) is 23.8 Å². The summed E-state index contributed by atoms with van der Waals surface area (Å²) in [5.74, 6) is -0.724. The molecule has 33 heavy (non-hydrogen) atoms. The van der Waals surface area contributed by atoms with Crippen LogP contribution in [0.5, 0.6) is 0 Å². The Bertz CT molecular complexity index is 473. The first-order valence-corrected chi connectivity index (χ1v) is 12.2. The van der Waals surface area contributed by atoms with Gasteiger partial charge < -0.3 is 40.9 Å². The molecule has 0 aliphatic rings. The SMILES string of the molecule is CCCCCCCC/C=C\CCCCCCCC(=O)OC(O)[C@H](O)[C@H](O)[C@H](O)[C@@H](O)CO.O. The molecule has 0 aromatic rings. The smallest absolute Gasteiger partial charge is 0.308 e. The molecule has 0 fully saturated rings. The Kier molecular flexibility index (Phi) is 23.5. The van der Waals surface area contributed by atoms with Crippen molar-refractivity contribution in [1.29, 1.82) is 0 Å². The number of carbonyl (C=O) groups excluding carboxylic acids is 1. The summed E-state index contributed by atoms with van der Waals surface area (Å²) in [7, 11) is 0. The summed E-state index contributed by atoms with van der Waals surface area (Å²) in [6.07, 6.45) is 9.72. The van der Waals surface area contributed by atoms with Gasteiger partial charge in [-0.3, -0.25) is 4.79 Å². The lowest BCUT2D eigenvalue weighted by molar-refractivity contribution is -0.213. The minimum Gasteiger partial charge on any atom is -0.433 e. The highest BCUT2D eigenvalue weighted by Gasteiger charge is 2.35. The molecule has 0 aromatic heterocycles. The molecular formula is C24H48O9. The van der Waals surface area contributed by atoms with Gasteiger partial charge in [0.2, 0.25) is 6.29 Å². The number of aliphatic hydroxyl groups is 6. The molecule has 9 nitrogen and oxygen atoms in total. The molecule has 0 aliphatic carbocycles. The fourth-order valence-electron chi connectivity index (χ4n) is 3.31. The lowest BCUT2D eigenvalue weighted by Crippen LogP contribution is -2.50. The van der Waals surface area contributed by atoms with Crippen molar-refractivity contribution >= 4 is 5.97 Å². The molecular weight excluding hydrogens is 432 g/mol. The molecule has 8 N–H and O–H groups in total. The van der Waals surface area contributed by atoms with Crippen molar-refractivity contribution in [3.8, 4) is 0 Å². The summed E-state index contributed by atoms with van der Waals surface area (Å²) in [5, 5.41) is 56.5. The number of esters is 1. The fraction of sp³-hybridized carbons (Fsp3) is 0.875. The highest BCUT2D eigenvalue weighted by atomic mass is 16.6. The fourth-order valence-corrected chi connectivity index (χ4v) is 3.31. The number of hydrogen-bond donors (Lipinski definition) is 6. The zero-order valence-corrected chi connectivity index (χ0v) is 20.1. The topological polar surface area (TPSA) is 179 Å². The van der Waals surface area contributed by atoms with Gasteiger partial charge in [0.05, 0.1) is 6.61 Å². The maximum Gasteiger partial charge on any atom is 0.308 e. The standard InChI is InChI=1S/C24H46O8.H2O/c1-2-3-4-5-6-7-8-9-10-11-12-13-14-15-16-17-20(27)32-24(31)23(30)22(29)21(28)19(26)18-25;/h9-10,19,21-26,28-31H,2-8,11-18H2,1H3;1H2/b10-9-;/t19-,21+,22+,23+,24?;/m0./s1. The first kappa shape index (κ1) is 34.1. The Labute approximate surface area is 198 Å². The van der Waals surface area contributed by atoms with Gasteiger partial charge >= 0.3 is 5.97 Å². The van der Waals surface area contributed by atoms with Crippen LogP contribution in [0.25, 0.3) is 0 Å². The second-order valence-corrected chi connectivity index (χ2v) is 8.44. The van der Waals surface area contributed by atoms with Gasteiger partial charge in [0.15, 0.2) is 0 Å². The van der Waals surface area contributed by atoms with Crippen LogP contribution < -0.4 is 0 Å². The maximum atomic E-state index is 11.7. The molecule has 0 bridgehead atoms. The molecule has 0 aromatic carbocycles. The van der Waals surface area contributed by atoms with Crippen LogP contribution in [0.3, 0.4) is 0 Å². The summed E-state index contributed by atoms with van der Waals surface area (Å²) < 4.78 is 4.66. The van der Waals surface area contributed by atoms with Crippen LogP contribution in [0.15, 0.2) is 12.2 Å². The molecule has 198 valence electrons. The molecule has 0 amide bonds. The molecule has 1 unspecified atom stereocenters. The molecule has 0 heterocycles. The largest absolute Gasteiger partial charge is 0.433 e. The third kappa shape index (κ3) is 18.0. The van der Waals surface area contributed by atoms with Crippen molar-refractivity contribution in [2.45, 2.75) is 128 Å². The van der Waals surface area contributed by atoms with Crippen molar-refractivity contribution < 1.29 is 45.6 Å². The first-order chi connectivity index (χ1) is 15.3. The van der Waals surface area contributed by atoms with Gasteiger partial charge in [-0.2, -0.15) is 0 Å². The summed E-state index contributed by atoms with van der Waals surface area (Å²) in [5.41, 5.74) is 0. The summed E-state index contributed by atoms with van der Waals surface area (Å²) in [4.78, 5) is 11.7. The van der Waals surface area contributed by atoms with Crippen LogP contribution in [0.4, 0.5) is 0 Å². The van der Waals surface area contributed by atoms with Gasteiger partial charge in [0.25, 0.3) is 0 Å². The van der Waals surface area contributed by atoms with Gasteiger partial charge in [-0.25, -0.2) is 0 Å². The van der Waals surface area contributed by atoms with Crippen LogP contribution in [-0.4, -0.2) is 79.4 Å². The van der Waals surface area contributed by atoms with Gasteiger partial charge in [0.1, 0.15) is 24.4 Å². The molecule has 0 aliphatic heterocycles. The first-order valence-electron chi connectivity index (χ1n) is 12.2. The number of carbonyl (C=O) groups is 1. The zero-order valence-electron chi connectivity index (χ0n) is 20.1. The van der Waals surface area contributed by atoms with Gasteiger partial charge in [0, 0.05) is 6.42 Å². The second-order valence-electron chi connectivity index (χ2n) is 8.44. The van der Waals surface area contributed by atoms with E-state index in [1.807, 2.05) is 0 Å². The average Bonchev–Trinajstić information content (AvgIpc) is 2.79. The number of rotatable bonds is 21. The van der Waals surface area contributed by atoms with Gasteiger partial charge in [-0.15, -0.1) is 0 Å². The predicted molar refractivity (Wildman–Crippen MR) is 126 cm³/mol. The zero-order chi connectivity index (χ0) is 24.2. The minimum absolute atomic E-state index is 0. The molecule has 9 heteroatoms. The van der Waals surface area contributed by atoms with E-state index in [0.29, 0.717) is 6.42 Å². The lowest BCUT2D eigenvalue weighted by atomic mass is 10.0. The van der Waals surface area contributed by atoms with E-state index < -0.39 is 43.3 Å². The lowest BCUT2D eigenvalue weighted by Gasteiger charge is -2.28. The highest BCUT2D eigenvalue weighted by molar-refractivity contribution is 5.69. The van der Waals surface area contributed by atoms with Crippen molar-refractivity contribution in [3.63, 3.8) is 0 Å². The Balaban J connectivity index is 0. The number of unbranched alkanes of at least 4 members (excludes halogenated alkanes) is 11. The predicted octanol–water partition coefficient (Wildman–Crippen LogP) is 1.50. The Morgan fingerprint density at radius 1 is 0.727 bits per heavy atom. The number of aliphatic hydroxyl groups excluding tert-OH is 6. The monoisotopic (exact) mass is 480 g/mol. The van der Waals surface area contributed by atoms with E-state index in [9.17, 15) is 30.3 Å². The average molecular weight is 481 g/mol. The van der Waals surface area contributed by atoms with Crippen LogP contribution in [0, 0.1) is 0 Å². The van der Waals surface area contributed by atoms with Crippen molar-refractivity contribution in [3.05, 3.63) is 12.2 Å². The molecule has 0 rings (SSSR count). The third-order valence-electron chi connectivity index (χ3n) is 5.47. The Hall–Kier alpha value is -1.07. The Morgan fingerprint density at radius 3 is 1.73 bits per heavy atom. The second kappa shape index (κ2) is 22.7. The van der Waals surface area contributed by atoms with Gasteiger partial charge in [-0.05, 0) is 32.1 Å². The Morgan fingerprint density at radius 2 is 1.21 bits per heavy atom. The third-order valence-corrected chi connectivity index (χ3v) is 5.47. The molecule has 5 atom stereocenters. The minimum atomic E-state index is -2.04.